The number of nitrogens with zero attached hydrogens (tertiary/aromatic N) is 1. The number of aromatic nitrogens is 1. The Balaban J connectivity index is 2.17. The molecule has 0 fully saturated rings. The Morgan fingerprint density at radius 2 is 1.84 bits per heavy atom. The first-order chi connectivity index (χ1) is 9.08. The molecule has 1 aromatic heterocycles. The predicted molar refractivity (Wildman–Crippen MR) is 81.4 cm³/mol. The van der Waals surface area contributed by atoms with Crippen molar-refractivity contribution >= 4 is 0 Å². The molecule has 2 heteroatoms. The van der Waals surface area contributed by atoms with Gasteiger partial charge in [-0.2, -0.15) is 0 Å². The Labute approximate surface area is 116 Å². The summed E-state index contributed by atoms with van der Waals surface area (Å²) in [5.41, 5.74) is 11.4. The van der Waals surface area contributed by atoms with Gasteiger partial charge in [-0.3, -0.25) is 0 Å². The van der Waals surface area contributed by atoms with Crippen molar-refractivity contribution in [3.8, 4) is 0 Å². The third-order valence-electron chi connectivity index (χ3n) is 3.55. The van der Waals surface area contributed by atoms with Crippen LogP contribution in [0, 0.1) is 13.8 Å². The molecule has 1 aromatic carbocycles. The monoisotopic (exact) mass is 256 g/mol. The Bertz CT molecular complexity index is 520. The number of aryl methyl sites for hydroxylation is 2. The van der Waals surface area contributed by atoms with E-state index in [2.05, 4.69) is 61.9 Å². The zero-order valence-corrected chi connectivity index (χ0v) is 12.2. The molecule has 2 N–H and O–H groups in total. The summed E-state index contributed by atoms with van der Waals surface area (Å²) in [6, 6.07) is 11.3. The third kappa shape index (κ3) is 3.71. The normalized spacial score (nSPS) is 12.6. The summed E-state index contributed by atoms with van der Waals surface area (Å²) < 4.78 is 2.31. The van der Waals surface area contributed by atoms with Gasteiger partial charge < -0.3 is 10.3 Å². The molecule has 2 rings (SSSR count). The van der Waals surface area contributed by atoms with Crippen LogP contribution in [0.25, 0.3) is 0 Å². The van der Waals surface area contributed by atoms with E-state index in [4.69, 9.17) is 5.73 Å². The minimum absolute atomic E-state index is 0.257. The summed E-state index contributed by atoms with van der Waals surface area (Å²) in [6.07, 6.45) is 4.12. The van der Waals surface area contributed by atoms with Crippen LogP contribution in [0.1, 0.15) is 35.7 Å². The van der Waals surface area contributed by atoms with Crippen LogP contribution < -0.4 is 5.73 Å². The highest BCUT2D eigenvalue weighted by Gasteiger charge is 2.06. The highest BCUT2D eigenvalue weighted by Crippen LogP contribution is 2.13. The topological polar surface area (TPSA) is 30.9 Å². The molecular weight excluding hydrogens is 232 g/mol. The van der Waals surface area contributed by atoms with Gasteiger partial charge in [-0.1, -0.05) is 36.2 Å². The van der Waals surface area contributed by atoms with Crippen LogP contribution in [0.2, 0.25) is 0 Å². The van der Waals surface area contributed by atoms with E-state index >= 15 is 0 Å². The average molecular weight is 256 g/mol. The van der Waals surface area contributed by atoms with Crippen molar-refractivity contribution in [2.75, 3.05) is 0 Å². The van der Waals surface area contributed by atoms with Crippen LogP contribution in [0.15, 0.2) is 36.5 Å². The number of hydrogen-bond donors (Lipinski definition) is 1. The van der Waals surface area contributed by atoms with E-state index in [-0.39, 0.29) is 6.04 Å². The summed E-state index contributed by atoms with van der Waals surface area (Å²) in [5.74, 6) is 0. The van der Waals surface area contributed by atoms with Crippen molar-refractivity contribution in [1.82, 2.24) is 4.57 Å². The molecule has 1 heterocycles. The Hall–Kier alpha value is -1.54. The molecule has 0 aliphatic heterocycles. The minimum atomic E-state index is 0.257. The molecular formula is C17H24N2. The lowest BCUT2D eigenvalue weighted by Gasteiger charge is -2.13. The van der Waals surface area contributed by atoms with E-state index in [1.807, 2.05) is 0 Å². The highest BCUT2D eigenvalue weighted by atomic mass is 15.0. The van der Waals surface area contributed by atoms with Gasteiger partial charge in [0.05, 0.1) is 0 Å². The van der Waals surface area contributed by atoms with Crippen molar-refractivity contribution in [2.24, 2.45) is 5.73 Å². The van der Waals surface area contributed by atoms with Gasteiger partial charge in [0.2, 0.25) is 0 Å². The summed E-state index contributed by atoms with van der Waals surface area (Å²) in [7, 11) is 0. The molecule has 0 bridgehead atoms. The van der Waals surface area contributed by atoms with Crippen LogP contribution in [-0.4, -0.2) is 10.6 Å². The second-order valence-electron chi connectivity index (χ2n) is 5.50. The van der Waals surface area contributed by atoms with Gasteiger partial charge in [0, 0.05) is 30.9 Å². The summed E-state index contributed by atoms with van der Waals surface area (Å²) in [6.45, 7) is 7.38. The largest absolute Gasteiger partial charge is 0.347 e. The summed E-state index contributed by atoms with van der Waals surface area (Å²) in [4.78, 5) is 0. The Morgan fingerprint density at radius 3 is 2.47 bits per heavy atom. The van der Waals surface area contributed by atoms with E-state index in [0.29, 0.717) is 0 Å². The van der Waals surface area contributed by atoms with E-state index in [0.717, 1.165) is 19.4 Å². The Morgan fingerprint density at radius 1 is 1.16 bits per heavy atom. The zero-order valence-electron chi connectivity index (χ0n) is 12.2. The molecule has 0 amide bonds. The maximum absolute atomic E-state index is 6.06. The minimum Gasteiger partial charge on any atom is -0.347 e. The molecule has 2 nitrogen and oxygen atoms in total. The molecule has 2 aromatic rings. The van der Waals surface area contributed by atoms with Gasteiger partial charge in [0.1, 0.15) is 0 Å². The van der Waals surface area contributed by atoms with Gasteiger partial charge in [0.25, 0.3) is 0 Å². The second-order valence-corrected chi connectivity index (χ2v) is 5.50. The van der Waals surface area contributed by atoms with Crippen molar-refractivity contribution < 1.29 is 0 Å². The molecule has 0 aliphatic carbocycles. The molecule has 102 valence electrons. The number of rotatable bonds is 5. The molecule has 1 atom stereocenters. The van der Waals surface area contributed by atoms with Crippen molar-refractivity contribution in [1.29, 1.82) is 0 Å². The molecule has 0 saturated heterocycles. The van der Waals surface area contributed by atoms with Gasteiger partial charge in [-0.15, -0.1) is 0 Å². The quantitative estimate of drug-likeness (QED) is 0.873. The van der Waals surface area contributed by atoms with Gasteiger partial charge in [-0.25, -0.2) is 0 Å². The van der Waals surface area contributed by atoms with Gasteiger partial charge >= 0.3 is 0 Å². The first kappa shape index (κ1) is 13.9. The van der Waals surface area contributed by atoms with Crippen LogP contribution >= 0.6 is 0 Å². The standard InChI is InChI=1S/C17H24N2/c1-4-16(18)11-17-6-5-7-19(17)12-15-9-13(2)8-14(3)10-15/h5-10,16H,4,11-12,18H2,1-3H3. The first-order valence-electron chi connectivity index (χ1n) is 7.05. The summed E-state index contributed by atoms with van der Waals surface area (Å²) >= 11 is 0. The molecule has 0 aliphatic rings. The molecule has 1 unspecified atom stereocenters. The van der Waals surface area contributed by atoms with Crippen molar-refractivity contribution in [3.05, 3.63) is 58.9 Å². The molecule has 0 saturated carbocycles. The van der Waals surface area contributed by atoms with E-state index < -0.39 is 0 Å². The lowest BCUT2D eigenvalue weighted by molar-refractivity contribution is 0.610. The third-order valence-corrected chi connectivity index (χ3v) is 3.55. The molecule has 19 heavy (non-hydrogen) atoms. The van der Waals surface area contributed by atoms with E-state index in [1.165, 1.54) is 22.4 Å². The molecule has 0 radical (unpaired) electrons. The smallest absolute Gasteiger partial charge is 0.0473 e. The fraction of sp³-hybridized carbons (Fsp3) is 0.412. The number of hydrogen-bond acceptors (Lipinski definition) is 1. The SMILES string of the molecule is CCC(N)Cc1cccn1Cc1cc(C)cc(C)c1. The number of benzene rings is 1. The number of nitrogens with two attached hydrogens (primary N) is 1. The Kier molecular flexibility index (Phi) is 4.43. The fourth-order valence-electron chi connectivity index (χ4n) is 2.56. The average Bonchev–Trinajstić information content (AvgIpc) is 2.75. The zero-order chi connectivity index (χ0) is 13.8. The van der Waals surface area contributed by atoms with Gasteiger partial charge in [-0.05, 0) is 38.0 Å². The van der Waals surface area contributed by atoms with Crippen molar-refractivity contribution in [2.45, 2.75) is 46.2 Å². The van der Waals surface area contributed by atoms with Crippen molar-refractivity contribution in [3.63, 3.8) is 0 Å². The molecule has 0 spiro atoms. The van der Waals surface area contributed by atoms with E-state index in [9.17, 15) is 0 Å². The van der Waals surface area contributed by atoms with Crippen LogP contribution in [-0.2, 0) is 13.0 Å². The van der Waals surface area contributed by atoms with Gasteiger partial charge in [0.15, 0.2) is 0 Å². The first-order valence-corrected chi connectivity index (χ1v) is 7.05. The van der Waals surface area contributed by atoms with Crippen LogP contribution in [0.4, 0.5) is 0 Å². The fourth-order valence-corrected chi connectivity index (χ4v) is 2.56. The second kappa shape index (κ2) is 6.07. The lowest BCUT2D eigenvalue weighted by atomic mass is 10.1. The maximum atomic E-state index is 6.06. The lowest BCUT2D eigenvalue weighted by Crippen LogP contribution is -2.23. The van der Waals surface area contributed by atoms with Crippen LogP contribution in [0.5, 0.6) is 0 Å². The van der Waals surface area contributed by atoms with E-state index in [1.54, 1.807) is 0 Å². The maximum Gasteiger partial charge on any atom is 0.0473 e. The van der Waals surface area contributed by atoms with Crippen LogP contribution in [0.3, 0.4) is 0 Å². The highest BCUT2D eigenvalue weighted by molar-refractivity contribution is 5.29. The predicted octanol–water partition coefficient (Wildman–Crippen LogP) is 3.43. The summed E-state index contributed by atoms with van der Waals surface area (Å²) in [5, 5.41) is 0.